The first kappa shape index (κ1) is 18.6. The van der Waals surface area contributed by atoms with Gasteiger partial charge in [0.2, 0.25) is 5.91 Å². The maximum absolute atomic E-state index is 12.5. The van der Waals surface area contributed by atoms with Crippen LogP contribution in [0.15, 0.2) is 48.8 Å². The summed E-state index contributed by atoms with van der Waals surface area (Å²) in [7, 11) is 0. The van der Waals surface area contributed by atoms with E-state index in [1.165, 1.54) is 0 Å². The molecule has 1 aromatic heterocycles. The van der Waals surface area contributed by atoms with Crippen molar-refractivity contribution in [3.05, 3.63) is 65.5 Å². The van der Waals surface area contributed by atoms with Gasteiger partial charge in [-0.1, -0.05) is 37.6 Å². The zero-order chi connectivity index (χ0) is 18.2. The molecule has 0 saturated heterocycles. The van der Waals surface area contributed by atoms with E-state index in [9.17, 15) is 9.59 Å². The fourth-order valence-electron chi connectivity index (χ4n) is 2.46. The maximum Gasteiger partial charge on any atom is 0.251 e. The molecule has 0 spiro atoms. The van der Waals surface area contributed by atoms with Gasteiger partial charge in [-0.25, -0.2) is 0 Å². The number of rotatable bonds is 7. The van der Waals surface area contributed by atoms with Gasteiger partial charge in [0.15, 0.2) is 0 Å². The topological polar surface area (TPSA) is 71.1 Å². The van der Waals surface area contributed by atoms with Crippen LogP contribution in [0, 0.1) is 12.8 Å². The molecule has 2 N–H and O–H groups in total. The summed E-state index contributed by atoms with van der Waals surface area (Å²) in [4.78, 5) is 29.0. The highest BCUT2D eigenvalue weighted by atomic mass is 16.2. The van der Waals surface area contributed by atoms with Crippen molar-refractivity contribution in [3.8, 4) is 0 Å². The molecule has 2 amide bonds. The molecule has 25 heavy (non-hydrogen) atoms. The second-order valence-corrected chi connectivity index (χ2v) is 6.60. The molecule has 132 valence electrons. The lowest BCUT2D eigenvalue weighted by molar-refractivity contribution is -0.123. The Morgan fingerprint density at radius 2 is 1.84 bits per heavy atom. The molecule has 0 aliphatic rings. The first-order valence-electron chi connectivity index (χ1n) is 8.50. The molecule has 1 aromatic carbocycles. The van der Waals surface area contributed by atoms with Crippen LogP contribution in [0.5, 0.6) is 0 Å². The van der Waals surface area contributed by atoms with Gasteiger partial charge < -0.3 is 10.6 Å². The van der Waals surface area contributed by atoms with Crippen LogP contribution in [0.1, 0.15) is 41.8 Å². The van der Waals surface area contributed by atoms with Crippen molar-refractivity contribution in [3.63, 3.8) is 0 Å². The third-order valence-corrected chi connectivity index (χ3v) is 3.83. The highest BCUT2D eigenvalue weighted by Gasteiger charge is 2.22. The van der Waals surface area contributed by atoms with Gasteiger partial charge in [-0.05, 0) is 43.0 Å². The number of benzene rings is 1. The number of amides is 2. The van der Waals surface area contributed by atoms with E-state index in [1.54, 1.807) is 24.5 Å². The summed E-state index contributed by atoms with van der Waals surface area (Å²) >= 11 is 0. The molecule has 1 heterocycles. The van der Waals surface area contributed by atoms with E-state index in [4.69, 9.17) is 0 Å². The molecule has 0 bridgehead atoms. The van der Waals surface area contributed by atoms with Crippen molar-refractivity contribution in [2.45, 2.75) is 39.8 Å². The van der Waals surface area contributed by atoms with Crippen LogP contribution in [0.2, 0.25) is 0 Å². The zero-order valence-electron chi connectivity index (χ0n) is 15.0. The smallest absolute Gasteiger partial charge is 0.251 e. The molecule has 5 nitrogen and oxygen atoms in total. The number of hydrogen-bond acceptors (Lipinski definition) is 3. The summed E-state index contributed by atoms with van der Waals surface area (Å²) in [5, 5.41) is 5.73. The molecule has 0 saturated carbocycles. The van der Waals surface area contributed by atoms with Gasteiger partial charge in [-0.2, -0.15) is 0 Å². The Hall–Kier alpha value is -2.69. The zero-order valence-corrected chi connectivity index (χ0v) is 15.0. The van der Waals surface area contributed by atoms with E-state index in [2.05, 4.69) is 15.6 Å². The van der Waals surface area contributed by atoms with Gasteiger partial charge in [0.1, 0.15) is 6.04 Å². The molecule has 0 radical (unpaired) electrons. The van der Waals surface area contributed by atoms with Crippen LogP contribution in [-0.4, -0.2) is 22.8 Å². The summed E-state index contributed by atoms with van der Waals surface area (Å²) in [6, 6.07) is 10.5. The minimum absolute atomic E-state index is 0.182. The fraction of sp³-hybridized carbons (Fsp3) is 0.350. The van der Waals surface area contributed by atoms with Crippen molar-refractivity contribution in [2.75, 3.05) is 0 Å². The van der Waals surface area contributed by atoms with Gasteiger partial charge in [-0.3, -0.25) is 14.6 Å². The number of hydrogen-bond donors (Lipinski definition) is 2. The Labute approximate surface area is 148 Å². The Kier molecular flexibility index (Phi) is 6.69. The van der Waals surface area contributed by atoms with Gasteiger partial charge in [0, 0.05) is 24.5 Å². The third kappa shape index (κ3) is 6.03. The molecule has 0 unspecified atom stereocenters. The van der Waals surface area contributed by atoms with Crippen LogP contribution in [-0.2, 0) is 11.3 Å². The molecular weight excluding hydrogens is 314 g/mol. The Morgan fingerprint density at radius 3 is 2.44 bits per heavy atom. The van der Waals surface area contributed by atoms with E-state index < -0.39 is 6.04 Å². The van der Waals surface area contributed by atoms with E-state index in [0.717, 1.165) is 11.1 Å². The highest BCUT2D eigenvalue weighted by molar-refractivity contribution is 5.97. The molecule has 2 rings (SSSR count). The largest absolute Gasteiger partial charge is 0.350 e. The van der Waals surface area contributed by atoms with Crippen LogP contribution in [0.4, 0.5) is 0 Å². The maximum atomic E-state index is 12.5. The van der Waals surface area contributed by atoms with Crippen LogP contribution in [0.3, 0.4) is 0 Å². The van der Waals surface area contributed by atoms with Crippen molar-refractivity contribution < 1.29 is 9.59 Å². The monoisotopic (exact) mass is 339 g/mol. The molecule has 0 fully saturated rings. The Balaban J connectivity index is 2.00. The Morgan fingerprint density at radius 1 is 1.12 bits per heavy atom. The van der Waals surface area contributed by atoms with Crippen LogP contribution < -0.4 is 10.6 Å². The number of carbonyl (C=O) groups excluding carboxylic acids is 2. The number of nitrogens with zero attached hydrogens (tertiary/aromatic N) is 1. The average Bonchev–Trinajstić information content (AvgIpc) is 2.60. The summed E-state index contributed by atoms with van der Waals surface area (Å²) < 4.78 is 0. The van der Waals surface area contributed by atoms with Gasteiger partial charge >= 0.3 is 0 Å². The molecule has 0 aliphatic heterocycles. The number of pyridine rings is 1. The van der Waals surface area contributed by atoms with E-state index >= 15 is 0 Å². The fourth-order valence-corrected chi connectivity index (χ4v) is 2.46. The minimum atomic E-state index is -0.564. The first-order chi connectivity index (χ1) is 12.0. The second kappa shape index (κ2) is 8.97. The van der Waals surface area contributed by atoms with Crippen molar-refractivity contribution >= 4 is 11.8 Å². The standard InChI is InChI=1S/C20H25N3O2/c1-14(2)11-18(20(25)22-13-16-5-4-10-21-12-16)23-19(24)17-8-6-15(3)7-9-17/h4-10,12,14,18H,11,13H2,1-3H3,(H,22,25)(H,23,24)/t18-/m0/s1. The summed E-state index contributed by atoms with van der Waals surface area (Å²) in [5.41, 5.74) is 2.56. The SMILES string of the molecule is Cc1ccc(C(=O)N[C@@H](CC(C)C)C(=O)NCc2cccnc2)cc1. The summed E-state index contributed by atoms with van der Waals surface area (Å²) in [6.07, 6.45) is 3.98. The van der Waals surface area contributed by atoms with Gasteiger partial charge in [0.25, 0.3) is 5.91 Å². The average molecular weight is 339 g/mol. The van der Waals surface area contributed by atoms with E-state index in [0.29, 0.717) is 18.5 Å². The lowest BCUT2D eigenvalue weighted by atomic mass is 10.0. The third-order valence-electron chi connectivity index (χ3n) is 3.83. The minimum Gasteiger partial charge on any atom is -0.350 e. The van der Waals surface area contributed by atoms with Crippen molar-refractivity contribution in [1.29, 1.82) is 0 Å². The first-order valence-corrected chi connectivity index (χ1v) is 8.50. The number of nitrogens with one attached hydrogen (secondary N) is 2. The van der Waals surface area contributed by atoms with E-state index in [-0.39, 0.29) is 17.7 Å². The van der Waals surface area contributed by atoms with Gasteiger partial charge in [0.05, 0.1) is 0 Å². The molecular formula is C20H25N3O2. The highest BCUT2D eigenvalue weighted by Crippen LogP contribution is 2.08. The molecule has 1 atom stereocenters. The lowest BCUT2D eigenvalue weighted by Crippen LogP contribution is -2.47. The molecule has 5 heteroatoms. The number of aryl methyl sites for hydroxylation is 1. The molecule has 2 aromatic rings. The van der Waals surface area contributed by atoms with Crippen molar-refractivity contribution in [1.82, 2.24) is 15.6 Å². The summed E-state index contributed by atoms with van der Waals surface area (Å²) in [5.74, 6) is -0.132. The molecule has 0 aliphatic carbocycles. The van der Waals surface area contributed by atoms with E-state index in [1.807, 2.05) is 45.0 Å². The Bertz CT molecular complexity index is 697. The lowest BCUT2D eigenvalue weighted by Gasteiger charge is -2.20. The van der Waals surface area contributed by atoms with Crippen molar-refractivity contribution in [2.24, 2.45) is 5.92 Å². The number of carbonyl (C=O) groups is 2. The predicted molar refractivity (Wildman–Crippen MR) is 98.0 cm³/mol. The second-order valence-electron chi connectivity index (χ2n) is 6.60. The van der Waals surface area contributed by atoms with Crippen LogP contribution >= 0.6 is 0 Å². The quantitative estimate of drug-likeness (QED) is 0.815. The number of aromatic nitrogens is 1. The summed E-state index contributed by atoms with van der Waals surface area (Å²) in [6.45, 7) is 6.41. The predicted octanol–water partition coefficient (Wildman–Crippen LogP) is 2.85. The van der Waals surface area contributed by atoms with Crippen LogP contribution in [0.25, 0.3) is 0 Å². The normalized spacial score (nSPS) is 11.8. The van der Waals surface area contributed by atoms with Gasteiger partial charge in [-0.15, -0.1) is 0 Å².